The summed E-state index contributed by atoms with van der Waals surface area (Å²) in [6.07, 6.45) is 2.74. The molecule has 0 aliphatic heterocycles. The second kappa shape index (κ2) is 7.43. The third kappa shape index (κ3) is 4.31. The second-order valence-corrected chi connectivity index (χ2v) is 4.98. The highest BCUT2D eigenvalue weighted by Crippen LogP contribution is 2.17. The number of aryl methyl sites for hydroxylation is 1. The maximum absolute atomic E-state index is 12.3. The molecule has 0 saturated carbocycles. The van der Waals surface area contributed by atoms with Gasteiger partial charge in [0.1, 0.15) is 0 Å². The number of rotatable bonds is 6. The van der Waals surface area contributed by atoms with Gasteiger partial charge in [-0.1, -0.05) is 19.1 Å². The molecule has 4 heteroatoms. The number of nitrogens with one attached hydrogen (secondary N) is 2. The average molecular weight is 283 g/mol. The van der Waals surface area contributed by atoms with Gasteiger partial charge >= 0.3 is 0 Å². The van der Waals surface area contributed by atoms with Crippen molar-refractivity contribution in [1.82, 2.24) is 10.3 Å². The molecule has 0 atom stereocenters. The van der Waals surface area contributed by atoms with E-state index in [0.29, 0.717) is 12.1 Å². The van der Waals surface area contributed by atoms with Crippen LogP contribution in [0.2, 0.25) is 0 Å². The van der Waals surface area contributed by atoms with Crippen LogP contribution in [0.25, 0.3) is 0 Å². The lowest BCUT2D eigenvalue weighted by molar-refractivity contribution is 0.0951. The highest BCUT2D eigenvalue weighted by Gasteiger charge is 2.11. The largest absolute Gasteiger partial charge is 0.384 e. The van der Waals surface area contributed by atoms with Gasteiger partial charge in [-0.15, -0.1) is 0 Å². The van der Waals surface area contributed by atoms with Gasteiger partial charge in [0, 0.05) is 18.4 Å². The molecule has 0 radical (unpaired) electrons. The van der Waals surface area contributed by atoms with E-state index < -0.39 is 0 Å². The lowest BCUT2D eigenvalue weighted by Gasteiger charge is -2.12. The van der Waals surface area contributed by atoms with Gasteiger partial charge in [-0.05, 0) is 43.2 Å². The summed E-state index contributed by atoms with van der Waals surface area (Å²) in [5.41, 5.74) is 3.54. The Morgan fingerprint density at radius 2 is 2.10 bits per heavy atom. The van der Waals surface area contributed by atoms with E-state index in [9.17, 15) is 4.79 Å². The first-order chi connectivity index (χ1) is 10.2. The van der Waals surface area contributed by atoms with E-state index in [2.05, 4.69) is 22.5 Å². The van der Waals surface area contributed by atoms with Gasteiger partial charge in [0.25, 0.3) is 5.91 Å². The number of aromatic nitrogens is 1. The van der Waals surface area contributed by atoms with Crippen molar-refractivity contribution < 1.29 is 4.79 Å². The maximum atomic E-state index is 12.3. The number of hydrogen-bond donors (Lipinski definition) is 2. The van der Waals surface area contributed by atoms with Crippen molar-refractivity contribution in [2.75, 3.05) is 11.9 Å². The van der Waals surface area contributed by atoms with Crippen LogP contribution >= 0.6 is 0 Å². The predicted molar refractivity (Wildman–Crippen MR) is 85.4 cm³/mol. The fourth-order valence-corrected chi connectivity index (χ4v) is 2.03. The minimum atomic E-state index is -0.0840. The molecule has 0 spiro atoms. The average Bonchev–Trinajstić information content (AvgIpc) is 2.51. The van der Waals surface area contributed by atoms with Gasteiger partial charge in [0.15, 0.2) is 0 Å². The van der Waals surface area contributed by atoms with Crippen molar-refractivity contribution in [3.63, 3.8) is 0 Å². The van der Waals surface area contributed by atoms with Crippen LogP contribution in [0.4, 0.5) is 5.69 Å². The van der Waals surface area contributed by atoms with Gasteiger partial charge in [0.05, 0.1) is 17.8 Å². The first-order valence-corrected chi connectivity index (χ1v) is 7.23. The van der Waals surface area contributed by atoms with Crippen LogP contribution in [-0.4, -0.2) is 17.4 Å². The molecular weight excluding hydrogens is 262 g/mol. The normalized spacial score (nSPS) is 10.2. The Hall–Kier alpha value is -2.36. The van der Waals surface area contributed by atoms with Crippen molar-refractivity contribution in [2.24, 2.45) is 0 Å². The number of carbonyl (C=O) groups is 1. The summed E-state index contributed by atoms with van der Waals surface area (Å²) in [5.74, 6) is -0.0840. The number of pyridine rings is 1. The summed E-state index contributed by atoms with van der Waals surface area (Å²) in [5, 5.41) is 6.22. The van der Waals surface area contributed by atoms with Gasteiger partial charge in [0.2, 0.25) is 0 Å². The van der Waals surface area contributed by atoms with Crippen LogP contribution in [0.3, 0.4) is 0 Å². The number of anilines is 1. The van der Waals surface area contributed by atoms with Gasteiger partial charge in [-0.2, -0.15) is 0 Å². The van der Waals surface area contributed by atoms with Crippen LogP contribution in [-0.2, 0) is 6.54 Å². The zero-order chi connectivity index (χ0) is 15.1. The molecule has 0 bridgehead atoms. The molecule has 2 N–H and O–H groups in total. The quantitative estimate of drug-likeness (QED) is 0.856. The summed E-state index contributed by atoms with van der Waals surface area (Å²) in [4.78, 5) is 16.5. The molecule has 1 amide bonds. The standard InChI is InChI=1S/C17H21N3O/c1-3-9-19-16-11-13(2)7-8-15(16)17(21)20-12-14-6-4-5-10-18-14/h4-8,10-11,19H,3,9,12H2,1-2H3,(H,20,21). The van der Waals surface area contributed by atoms with E-state index in [-0.39, 0.29) is 5.91 Å². The minimum absolute atomic E-state index is 0.0840. The van der Waals surface area contributed by atoms with Gasteiger partial charge in [-0.3, -0.25) is 9.78 Å². The number of hydrogen-bond acceptors (Lipinski definition) is 3. The van der Waals surface area contributed by atoms with E-state index in [1.165, 1.54) is 0 Å². The molecule has 4 nitrogen and oxygen atoms in total. The Morgan fingerprint density at radius 3 is 2.81 bits per heavy atom. The zero-order valence-corrected chi connectivity index (χ0v) is 12.5. The van der Waals surface area contributed by atoms with Crippen molar-refractivity contribution in [3.8, 4) is 0 Å². The van der Waals surface area contributed by atoms with E-state index in [1.807, 2.05) is 43.3 Å². The molecule has 2 rings (SSSR count). The molecule has 2 aromatic rings. The summed E-state index contributed by atoms with van der Waals surface area (Å²) in [6, 6.07) is 11.5. The van der Waals surface area contributed by atoms with Crippen LogP contribution in [0.15, 0.2) is 42.6 Å². The van der Waals surface area contributed by atoms with E-state index >= 15 is 0 Å². The summed E-state index contributed by atoms with van der Waals surface area (Å²) in [7, 11) is 0. The molecule has 1 heterocycles. The van der Waals surface area contributed by atoms with Crippen LogP contribution in [0, 0.1) is 6.92 Å². The highest BCUT2D eigenvalue weighted by molar-refractivity contribution is 5.99. The summed E-state index contributed by atoms with van der Waals surface area (Å²) in [6.45, 7) is 5.40. The van der Waals surface area contributed by atoms with Crippen LogP contribution < -0.4 is 10.6 Å². The SMILES string of the molecule is CCCNc1cc(C)ccc1C(=O)NCc1ccccn1. The molecule has 21 heavy (non-hydrogen) atoms. The molecule has 0 aliphatic rings. The van der Waals surface area contributed by atoms with E-state index in [4.69, 9.17) is 0 Å². The molecule has 0 fully saturated rings. The number of amides is 1. The van der Waals surface area contributed by atoms with E-state index in [0.717, 1.165) is 29.9 Å². The molecule has 0 aliphatic carbocycles. The Morgan fingerprint density at radius 1 is 1.24 bits per heavy atom. The van der Waals surface area contributed by atoms with Gasteiger partial charge in [-0.25, -0.2) is 0 Å². The van der Waals surface area contributed by atoms with Crippen molar-refractivity contribution in [2.45, 2.75) is 26.8 Å². The summed E-state index contributed by atoms with van der Waals surface area (Å²) >= 11 is 0. The molecule has 110 valence electrons. The Bertz CT molecular complexity index is 596. The smallest absolute Gasteiger partial charge is 0.253 e. The van der Waals surface area contributed by atoms with E-state index in [1.54, 1.807) is 6.20 Å². The Balaban J connectivity index is 2.07. The number of carbonyl (C=O) groups excluding carboxylic acids is 1. The summed E-state index contributed by atoms with van der Waals surface area (Å²) < 4.78 is 0. The molecule has 0 saturated heterocycles. The molecular formula is C17H21N3O. The zero-order valence-electron chi connectivity index (χ0n) is 12.5. The van der Waals surface area contributed by atoms with Crippen molar-refractivity contribution in [1.29, 1.82) is 0 Å². The maximum Gasteiger partial charge on any atom is 0.253 e. The fourth-order valence-electron chi connectivity index (χ4n) is 2.03. The minimum Gasteiger partial charge on any atom is -0.384 e. The topological polar surface area (TPSA) is 54.0 Å². The molecule has 1 aromatic heterocycles. The first-order valence-electron chi connectivity index (χ1n) is 7.23. The number of benzene rings is 1. The fraction of sp³-hybridized carbons (Fsp3) is 0.294. The molecule has 0 unspecified atom stereocenters. The monoisotopic (exact) mass is 283 g/mol. The van der Waals surface area contributed by atoms with Crippen molar-refractivity contribution >= 4 is 11.6 Å². The molecule has 1 aromatic carbocycles. The third-order valence-corrected chi connectivity index (χ3v) is 3.14. The number of nitrogens with zero attached hydrogens (tertiary/aromatic N) is 1. The second-order valence-electron chi connectivity index (χ2n) is 4.98. The predicted octanol–water partition coefficient (Wildman–Crippen LogP) is 3.14. The lowest BCUT2D eigenvalue weighted by Crippen LogP contribution is -2.24. The lowest BCUT2D eigenvalue weighted by atomic mass is 10.1. The van der Waals surface area contributed by atoms with Crippen LogP contribution in [0.5, 0.6) is 0 Å². The first kappa shape index (κ1) is 15.0. The Labute approximate surface area is 125 Å². The Kier molecular flexibility index (Phi) is 5.32. The third-order valence-electron chi connectivity index (χ3n) is 3.14. The van der Waals surface area contributed by atoms with Gasteiger partial charge < -0.3 is 10.6 Å². The van der Waals surface area contributed by atoms with Crippen LogP contribution in [0.1, 0.15) is 35.0 Å². The van der Waals surface area contributed by atoms with Crippen molar-refractivity contribution in [3.05, 3.63) is 59.4 Å². The highest BCUT2D eigenvalue weighted by atomic mass is 16.1.